The van der Waals surface area contributed by atoms with Gasteiger partial charge >= 0.3 is 0 Å². The molecule has 0 aliphatic rings. The molecule has 0 spiro atoms. The number of hydrogen-bond donors (Lipinski definition) is 0. The molecule has 0 aliphatic heterocycles. The highest BCUT2D eigenvalue weighted by Crippen LogP contribution is 2.27. The highest BCUT2D eigenvalue weighted by atomic mass is 35.5. The van der Waals surface area contributed by atoms with Gasteiger partial charge in [0.25, 0.3) is 0 Å². The molecule has 0 heterocycles. The smallest absolute Gasteiger partial charge is 0.0481 e. The molecule has 0 bridgehead atoms. The lowest BCUT2D eigenvalue weighted by Gasteiger charge is -2.11. The first kappa shape index (κ1) is 10.1. The Morgan fingerprint density at radius 2 is 2.08 bits per heavy atom. The molecule has 68 valence electrons. The molecule has 1 rings (SSSR count). The Morgan fingerprint density at radius 1 is 1.38 bits per heavy atom. The maximum atomic E-state index is 6.03. The second kappa shape index (κ2) is 4.29. The average molecular weight is 193 g/mol. The van der Waals surface area contributed by atoms with Crippen LogP contribution in [0.3, 0.4) is 0 Å². The van der Waals surface area contributed by atoms with Crippen LogP contribution in [-0.4, -0.2) is 0 Å². The lowest BCUT2D eigenvalue weighted by Crippen LogP contribution is -1.92. The molecule has 13 heavy (non-hydrogen) atoms. The third-order valence-corrected chi connectivity index (χ3v) is 2.46. The van der Waals surface area contributed by atoms with E-state index in [1.807, 2.05) is 18.2 Å². The van der Waals surface area contributed by atoms with Crippen LogP contribution >= 0.6 is 11.6 Å². The topological polar surface area (TPSA) is 0 Å². The van der Waals surface area contributed by atoms with Crippen LogP contribution in [0.15, 0.2) is 37.4 Å². The molecule has 0 saturated carbocycles. The van der Waals surface area contributed by atoms with Gasteiger partial charge in [0.15, 0.2) is 0 Å². The summed E-state index contributed by atoms with van der Waals surface area (Å²) in [6.07, 6.45) is 3.69. The minimum atomic E-state index is 0.312. The Hall–Kier alpha value is -1.01. The largest absolute Gasteiger partial charge is 0.102 e. The van der Waals surface area contributed by atoms with Gasteiger partial charge < -0.3 is 0 Å². The van der Waals surface area contributed by atoms with Crippen LogP contribution in [0, 0.1) is 0 Å². The molecule has 1 unspecified atom stereocenters. The van der Waals surface area contributed by atoms with Crippen molar-refractivity contribution in [2.45, 2.75) is 12.8 Å². The number of hydrogen-bond acceptors (Lipinski definition) is 0. The molecule has 0 fully saturated rings. The first-order chi connectivity index (χ1) is 6.20. The van der Waals surface area contributed by atoms with E-state index in [1.165, 1.54) is 5.56 Å². The van der Waals surface area contributed by atoms with Crippen molar-refractivity contribution in [1.82, 2.24) is 0 Å². The fraction of sp³-hybridized carbons (Fsp3) is 0.167. The molecular weight excluding hydrogens is 180 g/mol. The van der Waals surface area contributed by atoms with Gasteiger partial charge in [-0.1, -0.05) is 49.4 Å². The molecule has 1 heteroatoms. The Kier molecular flexibility index (Phi) is 3.32. The van der Waals surface area contributed by atoms with Gasteiger partial charge in [-0.15, -0.1) is 6.58 Å². The van der Waals surface area contributed by atoms with Crippen LogP contribution in [0.2, 0.25) is 5.02 Å². The Bertz CT molecular complexity index is 326. The monoisotopic (exact) mass is 192 g/mol. The van der Waals surface area contributed by atoms with Crippen molar-refractivity contribution >= 4 is 17.7 Å². The second-order valence-electron chi connectivity index (χ2n) is 2.97. The average Bonchev–Trinajstić information content (AvgIpc) is 2.16. The summed E-state index contributed by atoms with van der Waals surface area (Å²) >= 11 is 6.03. The van der Waals surface area contributed by atoms with Crippen LogP contribution in [0.4, 0.5) is 0 Å². The third-order valence-electron chi connectivity index (χ3n) is 2.13. The predicted octanol–water partition coefficient (Wildman–Crippen LogP) is 4.27. The van der Waals surface area contributed by atoms with Crippen molar-refractivity contribution in [1.29, 1.82) is 0 Å². The molecule has 1 aromatic carbocycles. The number of benzene rings is 1. The summed E-state index contributed by atoms with van der Waals surface area (Å²) in [4.78, 5) is 0. The van der Waals surface area contributed by atoms with Crippen LogP contribution < -0.4 is 0 Å². The lowest BCUT2D eigenvalue weighted by molar-refractivity contribution is 0.967. The van der Waals surface area contributed by atoms with Crippen molar-refractivity contribution < 1.29 is 0 Å². The fourth-order valence-corrected chi connectivity index (χ4v) is 1.55. The van der Waals surface area contributed by atoms with Crippen molar-refractivity contribution in [3.63, 3.8) is 0 Å². The van der Waals surface area contributed by atoms with E-state index in [1.54, 1.807) is 6.08 Å². The minimum absolute atomic E-state index is 0.312. The van der Waals surface area contributed by atoms with E-state index >= 15 is 0 Å². The molecule has 0 N–H and O–H groups in total. The van der Waals surface area contributed by atoms with Gasteiger partial charge in [-0.25, -0.2) is 0 Å². The van der Waals surface area contributed by atoms with Crippen LogP contribution in [0.5, 0.6) is 0 Å². The van der Waals surface area contributed by atoms with Gasteiger partial charge in [0, 0.05) is 5.02 Å². The van der Waals surface area contributed by atoms with Crippen molar-refractivity contribution in [2.75, 3.05) is 0 Å². The summed E-state index contributed by atoms with van der Waals surface area (Å²) < 4.78 is 0. The fourth-order valence-electron chi connectivity index (χ4n) is 1.29. The summed E-state index contributed by atoms with van der Waals surface area (Å²) in [6.45, 7) is 9.60. The van der Waals surface area contributed by atoms with Gasteiger partial charge in [0.05, 0.1) is 0 Å². The maximum absolute atomic E-state index is 6.03. The Morgan fingerprint density at radius 3 is 2.62 bits per heavy atom. The van der Waals surface area contributed by atoms with Crippen LogP contribution in [-0.2, 0) is 0 Å². The summed E-state index contributed by atoms with van der Waals surface area (Å²) in [5, 5.41) is 0.751. The molecule has 0 saturated heterocycles. The third kappa shape index (κ3) is 2.02. The second-order valence-corrected chi connectivity index (χ2v) is 3.38. The first-order valence-electron chi connectivity index (χ1n) is 4.24. The predicted molar refractivity (Wildman–Crippen MR) is 60.2 cm³/mol. The molecule has 0 amide bonds. The summed E-state index contributed by atoms with van der Waals surface area (Å²) in [7, 11) is 0. The van der Waals surface area contributed by atoms with E-state index in [0.29, 0.717) is 5.92 Å². The van der Waals surface area contributed by atoms with Crippen LogP contribution in [0.25, 0.3) is 6.08 Å². The molecule has 0 aromatic heterocycles. The first-order valence-corrected chi connectivity index (χ1v) is 4.62. The zero-order chi connectivity index (χ0) is 9.84. The SMILES string of the molecule is C=Cc1c(Cl)cccc1C(C)C=C. The van der Waals surface area contributed by atoms with Gasteiger partial charge in [0.2, 0.25) is 0 Å². The lowest BCUT2D eigenvalue weighted by atomic mass is 9.96. The van der Waals surface area contributed by atoms with Crippen LogP contribution in [0.1, 0.15) is 24.0 Å². The zero-order valence-corrected chi connectivity index (χ0v) is 8.51. The number of rotatable bonds is 3. The molecule has 1 aromatic rings. The van der Waals surface area contributed by atoms with Gasteiger partial charge in [0.1, 0.15) is 0 Å². The molecule has 0 radical (unpaired) electrons. The summed E-state index contributed by atoms with van der Waals surface area (Å²) in [5.41, 5.74) is 2.19. The number of halogens is 1. The minimum Gasteiger partial charge on any atom is -0.102 e. The van der Waals surface area contributed by atoms with E-state index in [4.69, 9.17) is 11.6 Å². The molecular formula is C12H13Cl. The van der Waals surface area contributed by atoms with E-state index in [9.17, 15) is 0 Å². The standard InChI is InChI=1S/C12H13Cl/c1-4-9(3)11-7-6-8-12(13)10(11)5-2/h4-9H,1-2H2,3H3. The Labute approximate surface area is 84.5 Å². The van der Waals surface area contributed by atoms with E-state index in [0.717, 1.165) is 10.6 Å². The molecule has 0 nitrogen and oxygen atoms in total. The molecule has 0 aliphatic carbocycles. The normalized spacial score (nSPS) is 12.2. The maximum Gasteiger partial charge on any atom is 0.0481 e. The van der Waals surface area contributed by atoms with Crippen molar-refractivity contribution in [3.8, 4) is 0 Å². The quantitative estimate of drug-likeness (QED) is 0.628. The molecule has 1 atom stereocenters. The van der Waals surface area contributed by atoms with E-state index in [2.05, 4.69) is 26.1 Å². The van der Waals surface area contributed by atoms with E-state index < -0.39 is 0 Å². The van der Waals surface area contributed by atoms with Crippen molar-refractivity contribution in [2.24, 2.45) is 0 Å². The number of allylic oxidation sites excluding steroid dienone is 1. The Balaban J connectivity index is 3.27. The summed E-state index contributed by atoms with van der Waals surface area (Å²) in [6, 6.07) is 5.87. The highest BCUT2D eigenvalue weighted by molar-refractivity contribution is 6.32. The zero-order valence-electron chi connectivity index (χ0n) is 7.76. The summed E-state index contributed by atoms with van der Waals surface area (Å²) in [5.74, 6) is 0.312. The van der Waals surface area contributed by atoms with Gasteiger partial charge in [-0.2, -0.15) is 0 Å². The van der Waals surface area contributed by atoms with Gasteiger partial charge in [-0.05, 0) is 23.1 Å². The van der Waals surface area contributed by atoms with Crippen molar-refractivity contribution in [3.05, 3.63) is 53.6 Å². The van der Waals surface area contributed by atoms with E-state index in [-0.39, 0.29) is 0 Å². The highest BCUT2D eigenvalue weighted by Gasteiger charge is 2.07. The van der Waals surface area contributed by atoms with Gasteiger partial charge in [-0.3, -0.25) is 0 Å².